The average molecular weight is 354 g/mol. The largest absolute Gasteiger partial charge is 0.496 e. The lowest BCUT2D eigenvalue weighted by Gasteiger charge is -2.20. The van der Waals surface area contributed by atoms with E-state index >= 15 is 0 Å². The molecule has 0 aliphatic carbocycles. The topological polar surface area (TPSA) is 21.3 Å². The van der Waals surface area contributed by atoms with Crippen LogP contribution in [0.4, 0.5) is 0 Å². The lowest BCUT2D eigenvalue weighted by Crippen LogP contribution is -2.24. The maximum absolute atomic E-state index is 5.50. The third-order valence-electron chi connectivity index (χ3n) is 3.19. The number of thiophene rings is 1. The molecule has 0 fully saturated rings. The number of halogens is 1. The fourth-order valence-electron chi connectivity index (χ4n) is 2.23. The van der Waals surface area contributed by atoms with Crippen molar-refractivity contribution in [1.29, 1.82) is 0 Å². The molecule has 1 N–H and O–H groups in total. The smallest absolute Gasteiger partial charge is 0.123 e. The van der Waals surface area contributed by atoms with Gasteiger partial charge in [-0.2, -0.15) is 0 Å². The molecule has 2 rings (SSSR count). The number of ether oxygens (including phenoxy) is 1. The maximum atomic E-state index is 5.50. The van der Waals surface area contributed by atoms with E-state index in [1.165, 1.54) is 14.2 Å². The first-order chi connectivity index (χ1) is 9.74. The predicted octanol–water partition coefficient (Wildman–Crippen LogP) is 4.80. The van der Waals surface area contributed by atoms with E-state index in [0.717, 1.165) is 25.1 Å². The van der Waals surface area contributed by atoms with E-state index in [0.29, 0.717) is 0 Å². The molecule has 1 aromatic heterocycles. The van der Waals surface area contributed by atoms with Crippen molar-refractivity contribution in [3.63, 3.8) is 0 Å². The van der Waals surface area contributed by atoms with Crippen molar-refractivity contribution < 1.29 is 4.74 Å². The van der Waals surface area contributed by atoms with Crippen LogP contribution in [0, 0.1) is 0 Å². The predicted molar refractivity (Wildman–Crippen MR) is 89.8 cm³/mol. The number of hydrogen-bond acceptors (Lipinski definition) is 3. The Labute approximate surface area is 133 Å². The van der Waals surface area contributed by atoms with Crippen LogP contribution in [0.5, 0.6) is 5.75 Å². The van der Waals surface area contributed by atoms with Gasteiger partial charge in [-0.05, 0) is 47.1 Å². The van der Waals surface area contributed by atoms with Crippen molar-refractivity contribution in [2.24, 2.45) is 0 Å². The van der Waals surface area contributed by atoms with Crippen molar-refractivity contribution in [2.45, 2.75) is 25.8 Å². The van der Waals surface area contributed by atoms with Crippen LogP contribution in [0.3, 0.4) is 0 Å². The summed E-state index contributed by atoms with van der Waals surface area (Å²) in [5.74, 6) is 0.955. The Morgan fingerprint density at radius 1 is 1.25 bits per heavy atom. The minimum atomic E-state index is 0.289. The van der Waals surface area contributed by atoms with Gasteiger partial charge < -0.3 is 10.1 Å². The van der Waals surface area contributed by atoms with E-state index < -0.39 is 0 Å². The van der Waals surface area contributed by atoms with Gasteiger partial charge in [0.05, 0.1) is 10.9 Å². The zero-order valence-corrected chi connectivity index (χ0v) is 14.3. The van der Waals surface area contributed by atoms with Crippen molar-refractivity contribution in [3.05, 3.63) is 50.6 Å². The summed E-state index contributed by atoms with van der Waals surface area (Å²) in [5.41, 5.74) is 1.23. The summed E-state index contributed by atoms with van der Waals surface area (Å²) in [7, 11) is 1.73. The number of rotatable bonds is 7. The van der Waals surface area contributed by atoms with Crippen molar-refractivity contribution in [3.8, 4) is 5.75 Å². The molecule has 1 atom stereocenters. The van der Waals surface area contributed by atoms with Gasteiger partial charge in [0.25, 0.3) is 0 Å². The van der Waals surface area contributed by atoms with Crippen LogP contribution in [0.2, 0.25) is 0 Å². The summed E-state index contributed by atoms with van der Waals surface area (Å²) in [6.45, 7) is 3.20. The normalized spacial score (nSPS) is 12.3. The summed E-state index contributed by atoms with van der Waals surface area (Å²) in [5, 5.41) is 3.63. The summed E-state index contributed by atoms with van der Waals surface area (Å²) in [6.07, 6.45) is 2.11. The number of hydrogen-bond donors (Lipinski definition) is 1. The van der Waals surface area contributed by atoms with Gasteiger partial charge in [0.2, 0.25) is 0 Å². The third kappa shape index (κ3) is 4.08. The lowest BCUT2D eigenvalue weighted by atomic mass is 10.0. The third-order valence-corrected chi connectivity index (χ3v) is 4.84. The fraction of sp³-hybridized carbons (Fsp3) is 0.375. The van der Waals surface area contributed by atoms with E-state index in [2.05, 4.69) is 52.4 Å². The molecule has 4 heteroatoms. The van der Waals surface area contributed by atoms with E-state index in [-0.39, 0.29) is 6.04 Å². The Morgan fingerprint density at radius 3 is 2.70 bits per heavy atom. The lowest BCUT2D eigenvalue weighted by molar-refractivity contribution is 0.398. The van der Waals surface area contributed by atoms with Crippen molar-refractivity contribution >= 4 is 27.3 Å². The average Bonchev–Trinajstić information content (AvgIpc) is 2.88. The molecule has 0 bridgehead atoms. The highest BCUT2D eigenvalue weighted by atomic mass is 79.9. The Morgan fingerprint density at radius 2 is 2.05 bits per heavy atom. The number of nitrogens with one attached hydrogen (secondary N) is 1. The first-order valence-electron chi connectivity index (χ1n) is 6.85. The minimum Gasteiger partial charge on any atom is -0.496 e. The van der Waals surface area contributed by atoms with Crippen molar-refractivity contribution in [2.75, 3.05) is 13.7 Å². The molecule has 20 heavy (non-hydrogen) atoms. The van der Waals surface area contributed by atoms with E-state index in [1.807, 2.05) is 12.1 Å². The zero-order chi connectivity index (χ0) is 14.4. The standard InChI is InChI=1S/C16H20BrNOS/c1-3-10-18-14(11-12-8-9-16(17)20-12)13-6-4-5-7-15(13)19-2/h4-9,14,18H,3,10-11H2,1-2H3. The van der Waals surface area contributed by atoms with Gasteiger partial charge in [0, 0.05) is 22.9 Å². The van der Waals surface area contributed by atoms with Crippen LogP contribution in [0.1, 0.15) is 29.8 Å². The summed E-state index contributed by atoms with van der Waals surface area (Å²) >= 11 is 5.33. The van der Waals surface area contributed by atoms with Gasteiger partial charge in [-0.1, -0.05) is 25.1 Å². The zero-order valence-electron chi connectivity index (χ0n) is 11.9. The van der Waals surface area contributed by atoms with Gasteiger partial charge in [-0.15, -0.1) is 11.3 Å². The Bertz CT molecular complexity index is 541. The van der Waals surface area contributed by atoms with Crippen LogP contribution >= 0.6 is 27.3 Å². The maximum Gasteiger partial charge on any atom is 0.123 e. The molecule has 0 radical (unpaired) electrons. The van der Waals surface area contributed by atoms with Crippen LogP contribution in [-0.4, -0.2) is 13.7 Å². The molecule has 0 saturated heterocycles. The van der Waals surface area contributed by atoms with Crippen LogP contribution in [0.25, 0.3) is 0 Å². The monoisotopic (exact) mass is 353 g/mol. The fourth-order valence-corrected chi connectivity index (χ4v) is 3.76. The molecule has 2 aromatic rings. The molecule has 0 spiro atoms. The number of benzene rings is 1. The van der Waals surface area contributed by atoms with E-state index in [4.69, 9.17) is 4.74 Å². The molecular weight excluding hydrogens is 334 g/mol. The highest BCUT2D eigenvalue weighted by molar-refractivity contribution is 9.11. The number of para-hydroxylation sites is 1. The molecule has 0 aliphatic heterocycles. The van der Waals surface area contributed by atoms with Gasteiger partial charge in [0.15, 0.2) is 0 Å². The van der Waals surface area contributed by atoms with Gasteiger partial charge >= 0.3 is 0 Å². The Balaban J connectivity index is 2.22. The van der Waals surface area contributed by atoms with Crippen molar-refractivity contribution in [1.82, 2.24) is 5.32 Å². The molecular formula is C16H20BrNOS. The molecule has 0 saturated carbocycles. The van der Waals surface area contributed by atoms with Gasteiger partial charge in [0.1, 0.15) is 5.75 Å². The van der Waals surface area contributed by atoms with E-state index in [9.17, 15) is 0 Å². The molecule has 1 aromatic carbocycles. The van der Waals surface area contributed by atoms with Gasteiger partial charge in [-0.3, -0.25) is 0 Å². The quantitative estimate of drug-likeness (QED) is 0.771. The molecule has 0 aliphatic rings. The summed E-state index contributed by atoms with van der Waals surface area (Å²) in [6, 6.07) is 12.8. The Kier molecular flexibility index (Phi) is 6.07. The SMILES string of the molecule is CCCNC(Cc1ccc(Br)s1)c1ccccc1OC. The summed E-state index contributed by atoms with van der Waals surface area (Å²) in [4.78, 5) is 1.37. The molecule has 1 unspecified atom stereocenters. The first-order valence-corrected chi connectivity index (χ1v) is 8.46. The minimum absolute atomic E-state index is 0.289. The highest BCUT2D eigenvalue weighted by Gasteiger charge is 2.16. The molecule has 2 nitrogen and oxygen atoms in total. The van der Waals surface area contributed by atoms with Gasteiger partial charge in [-0.25, -0.2) is 0 Å². The Hall–Kier alpha value is -0.840. The highest BCUT2D eigenvalue weighted by Crippen LogP contribution is 2.31. The molecule has 1 heterocycles. The molecule has 0 amide bonds. The number of methoxy groups -OCH3 is 1. The molecule has 108 valence electrons. The second-order valence-electron chi connectivity index (χ2n) is 4.66. The second kappa shape index (κ2) is 7.81. The van der Waals surface area contributed by atoms with Crippen LogP contribution in [-0.2, 0) is 6.42 Å². The van der Waals surface area contributed by atoms with E-state index in [1.54, 1.807) is 18.4 Å². The summed E-state index contributed by atoms with van der Waals surface area (Å²) < 4.78 is 6.69. The first kappa shape index (κ1) is 15.5. The van der Waals surface area contributed by atoms with Crippen LogP contribution < -0.4 is 10.1 Å². The van der Waals surface area contributed by atoms with Crippen LogP contribution in [0.15, 0.2) is 40.2 Å². The second-order valence-corrected chi connectivity index (χ2v) is 7.21.